The highest BCUT2D eigenvalue weighted by Crippen LogP contribution is 2.36. The van der Waals surface area contributed by atoms with E-state index in [1.807, 2.05) is 12.3 Å². The maximum absolute atomic E-state index is 5.35. The van der Waals surface area contributed by atoms with Crippen molar-refractivity contribution >= 4 is 0 Å². The molecule has 3 nitrogen and oxygen atoms in total. The summed E-state index contributed by atoms with van der Waals surface area (Å²) in [6.45, 7) is 2.21. The summed E-state index contributed by atoms with van der Waals surface area (Å²) >= 11 is 0. The number of benzene rings is 2. The highest BCUT2D eigenvalue weighted by Gasteiger charge is 2.21. The van der Waals surface area contributed by atoms with Crippen LogP contribution in [-0.2, 0) is 19.3 Å². The molecule has 4 rings (SSSR count). The van der Waals surface area contributed by atoms with Crippen LogP contribution in [0.2, 0.25) is 0 Å². The first kappa shape index (κ1) is 15.0. The molecule has 0 saturated heterocycles. The van der Waals surface area contributed by atoms with Gasteiger partial charge < -0.3 is 4.74 Å². The Morgan fingerprint density at radius 1 is 1.04 bits per heavy atom. The third-order valence-corrected chi connectivity index (χ3v) is 4.82. The highest BCUT2D eigenvalue weighted by molar-refractivity contribution is 5.73. The van der Waals surface area contributed by atoms with Gasteiger partial charge in [-0.3, -0.25) is 0 Å². The van der Waals surface area contributed by atoms with Crippen LogP contribution in [0.15, 0.2) is 48.7 Å². The highest BCUT2D eigenvalue weighted by atomic mass is 16.5. The van der Waals surface area contributed by atoms with E-state index in [0.29, 0.717) is 0 Å². The Kier molecular flexibility index (Phi) is 3.85. The molecule has 0 bridgehead atoms. The lowest BCUT2D eigenvalue weighted by Crippen LogP contribution is -2.09. The predicted molar refractivity (Wildman–Crippen MR) is 97.0 cm³/mol. The van der Waals surface area contributed by atoms with Gasteiger partial charge in [-0.1, -0.05) is 31.5 Å². The van der Waals surface area contributed by atoms with Gasteiger partial charge in [0.05, 0.1) is 24.7 Å². The molecule has 2 aromatic carbocycles. The van der Waals surface area contributed by atoms with Crippen molar-refractivity contribution < 1.29 is 4.74 Å². The number of hydrogen-bond donors (Lipinski definition) is 0. The monoisotopic (exact) mass is 318 g/mol. The predicted octanol–water partition coefficient (Wildman–Crippen LogP) is 4.60. The number of aryl methyl sites for hydroxylation is 2. The molecule has 0 amide bonds. The minimum Gasteiger partial charge on any atom is -0.497 e. The minimum absolute atomic E-state index is 0.927. The fourth-order valence-electron chi connectivity index (χ4n) is 3.57. The summed E-state index contributed by atoms with van der Waals surface area (Å²) in [4.78, 5) is 0. The van der Waals surface area contributed by atoms with Gasteiger partial charge in [-0.25, -0.2) is 4.68 Å². The number of ether oxygens (including phenoxy) is 1. The van der Waals surface area contributed by atoms with E-state index in [1.54, 1.807) is 7.11 Å². The quantitative estimate of drug-likeness (QED) is 0.703. The van der Waals surface area contributed by atoms with Gasteiger partial charge >= 0.3 is 0 Å². The topological polar surface area (TPSA) is 27.1 Å². The third-order valence-electron chi connectivity index (χ3n) is 4.82. The van der Waals surface area contributed by atoms with Crippen LogP contribution in [0.5, 0.6) is 5.75 Å². The van der Waals surface area contributed by atoms with Gasteiger partial charge in [0, 0.05) is 5.56 Å². The molecule has 3 aromatic rings. The van der Waals surface area contributed by atoms with Crippen LogP contribution in [0.3, 0.4) is 0 Å². The van der Waals surface area contributed by atoms with E-state index < -0.39 is 0 Å². The lowest BCUT2D eigenvalue weighted by molar-refractivity contribution is 0.414. The van der Waals surface area contributed by atoms with Crippen LogP contribution < -0.4 is 4.74 Å². The summed E-state index contributed by atoms with van der Waals surface area (Å²) in [5.74, 6) is 0.927. The van der Waals surface area contributed by atoms with Crippen molar-refractivity contribution in [1.29, 1.82) is 0 Å². The molecule has 0 unspecified atom stereocenters. The Labute approximate surface area is 142 Å². The Hall–Kier alpha value is -2.55. The second-order valence-electron chi connectivity index (χ2n) is 6.36. The van der Waals surface area contributed by atoms with E-state index in [9.17, 15) is 0 Å². The van der Waals surface area contributed by atoms with Crippen molar-refractivity contribution in [3.8, 4) is 22.6 Å². The van der Waals surface area contributed by atoms with Gasteiger partial charge in [0.1, 0.15) is 5.75 Å². The summed E-state index contributed by atoms with van der Waals surface area (Å²) in [5, 5.41) is 4.67. The summed E-state index contributed by atoms with van der Waals surface area (Å²) in [5.41, 5.74) is 7.71. The molecule has 1 aliphatic rings. The average Bonchev–Trinajstić information content (AvgIpc) is 3.06. The Morgan fingerprint density at radius 3 is 2.62 bits per heavy atom. The van der Waals surface area contributed by atoms with Crippen LogP contribution in [0.1, 0.15) is 30.2 Å². The van der Waals surface area contributed by atoms with E-state index in [-0.39, 0.29) is 0 Å². The zero-order chi connectivity index (χ0) is 16.5. The van der Waals surface area contributed by atoms with Crippen LogP contribution in [0.25, 0.3) is 16.8 Å². The van der Waals surface area contributed by atoms with Crippen LogP contribution in [0, 0.1) is 0 Å². The molecule has 0 saturated carbocycles. The Morgan fingerprint density at radius 2 is 1.88 bits per heavy atom. The van der Waals surface area contributed by atoms with Gasteiger partial charge in [-0.15, -0.1) is 0 Å². The average molecular weight is 318 g/mol. The normalized spacial score (nSPS) is 12.6. The standard InChI is InChI=1S/C21H22N2O/c1-3-4-15-5-8-17(9-6-15)23-21-12-7-16-13-18(24-2)10-11-19(16)20(21)14-22-23/h5-6,8-11,13-14H,3-4,7,12H2,1-2H3. The zero-order valence-corrected chi connectivity index (χ0v) is 14.2. The molecule has 1 aromatic heterocycles. The second kappa shape index (κ2) is 6.16. The molecule has 1 aliphatic carbocycles. The first-order chi connectivity index (χ1) is 11.8. The molecule has 0 fully saturated rings. The van der Waals surface area contributed by atoms with Crippen molar-refractivity contribution in [2.24, 2.45) is 0 Å². The fourth-order valence-corrected chi connectivity index (χ4v) is 3.57. The lowest BCUT2D eigenvalue weighted by Gasteiger charge is -2.18. The Balaban J connectivity index is 1.72. The van der Waals surface area contributed by atoms with E-state index in [2.05, 4.69) is 53.1 Å². The van der Waals surface area contributed by atoms with Crippen molar-refractivity contribution in [2.75, 3.05) is 7.11 Å². The van der Waals surface area contributed by atoms with Gasteiger partial charge in [-0.05, 0) is 60.2 Å². The lowest BCUT2D eigenvalue weighted by atomic mass is 9.89. The van der Waals surface area contributed by atoms with Crippen molar-refractivity contribution in [3.63, 3.8) is 0 Å². The summed E-state index contributed by atoms with van der Waals surface area (Å²) in [6, 6.07) is 15.1. The number of rotatable bonds is 4. The molecule has 0 spiro atoms. The molecule has 0 aliphatic heterocycles. The number of hydrogen-bond acceptors (Lipinski definition) is 2. The molecule has 0 radical (unpaired) electrons. The molecular weight excluding hydrogens is 296 g/mol. The van der Waals surface area contributed by atoms with Gasteiger partial charge in [0.25, 0.3) is 0 Å². The summed E-state index contributed by atoms with van der Waals surface area (Å²) in [7, 11) is 1.72. The van der Waals surface area contributed by atoms with E-state index in [4.69, 9.17) is 4.74 Å². The fraction of sp³-hybridized carbons (Fsp3) is 0.286. The molecule has 24 heavy (non-hydrogen) atoms. The smallest absolute Gasteiger partial charge is 0.119 e. The van der Waals surface area contributed by atoms with Crippen molar-refractivity contribution in [2.45, 2.75) is 32.6 Å². The second-order valence-corrected chi connectivity index (χ2v) is 6.36. The number of methoxy groups -OCH3 is 1. The number of nitrogens with zero attached hydrogens (tertiary/aromatic N) is 2. The SMILES string of the molecule is CCCc1ccc(-n2ncc3c2CCc2cc(OC)ccc2-3)cc1. The number of aromatic nitrogens is 2. The van der Waals surface area contributed by atoms with Gasteiger partial charge in [0.15, 0.2) is 0 Å². The first-order valence-electron chi connectivity index (χ1n) is 8.63. The first-order valence-corrected chi connectivity index (χ1v) is 8.63. The summed E-state index contributed by atoms with van der Waals surface area (Å²) < 4.78 is 7.45. The maximum atomic E-state index is 5.35. The van der Waals surface area contributed by atoms with Gasteiger partial charge in [0.2, 0.25) is 0 Å². The van der Waals surface area contributed by atoms with Crippen molar-refractivity contribution in [1.82, 2.24) is 9.78 Å². The molecule has 3 heteroatoms. The number of fused-ring (bicyclic) bond motifs is 3. The van der Waals surface area contributed by atoms with Crippen LogP contribution in [-0.4, -0.2) is 16.9 Å². The van der Waals surface area contributed by atoms with Crippen LogP contribution >= 0.6 is 0 Å². The van der Waals surface area contributed by atoms with Crippen LogP contribution in [0.4, 0.5) is 0 Å². The molecule has 1 heterocycles. The third kappa shape index (κ3) is 2.50. The Bertz CT molecular complexity index is 862. The van der Waals surface area contributed by atoms with Crippen molar-refractivity contribution in [3.05, 3.63) is 65.5 Å². The van der Waals surface area contributed by atoms with Gasteiger partial charge in [-0.2, -0.15) is 5.10 Å². The largest absolute Gasteiger partial charge is 0.497 e. The zero-order valence-electron chi connectivity index (χ0n) is 14.2. The minimum atomic E-state index is 0.927. The van der Waals surface area contributed by atoms with E-state index >= 15 is 0 Å². The molecular formula is C21H22N2O. The summed E-state index contributed by atoms with van der Waals surface area (Å²) in [6.07, 6.45) is 6.34. The maximum Gasteiger partial charge on any atom is 0.119 e. The van der Waals surface area contributed by atoms with E-state index in [1.165, 1.54) is 34.4 Å². The molecule has 0 atom stereocenters. The molecule has 0 N–H and O–H groups in total. The van der Waals surface area contributed by atoms with E-state index in [0.717, 1.165) is 30.7 Å². The molecule has 122 valence electrons.